The minimum absolute atomic E-state index is 0.0367. The lowest BCUT2D eigenvalue weighted by molar-refractivity contribution is -0.122. The van der Waals surface area contributed by atoms with Gasteiger partial charge in [0.05, 0.1) is 0 Å². The van der Waals surface area contributed by atoms with Gasteiger partial charge in [0.15, 0.2) is 11.9 Å². The molecule has 0 unspecified atom stereocenters. The van der Waals surface area contributed by atoms with Crippen molar-refractivity contribution >= 4 is 17.4 Å². The Morgan fingerprint density at radius 1 is 1.08 bits per heavy atom. The van der Waals surface area contributed by atoms with Crippen LogP contribution in [0.25, 0.3) is 0 Å². The van der Waals surface area contributed by atoms with E-state index in [4.69, 9.17) is 4.74 Å². The summed E-state index contributed by atoms with van der Waals surface area (Å²) < 4.78 is 5.80. The lowest BCUT2D eigenvalue weighted by Gasteiger charge is -2.17. The average Bonchev–Trinajstić information content (AvgIpc) is 2.60. The van der Waals surface area contributed by atoms with Crippen molar-refractivity contribution in [2.75, 3.05) is 5.32 Å². The molecule has 1 amide bonds. The first-order valence-electron chi connectivity index (χ1n) is 8.21. The van der Waals surface area contributed by atoms with Crippen molar-refractivity contribution in [1.82, 2.24) is 0 Å². The minimum Gasteiger partial charge on any atom is -0.481 e. The van der Waals surface area contributed by atoms with Gasteiger partial charge < -0.3 is 10.1 Å². The average molecular weight is 325 g/mol. The van der Waals surface area contributed by atoms with Crippen LogP contribution in [0.2, 0.25) is 0 Å². The summed E-state index contributed by atoms with van der Waals surface area (Å²) in [6, 6.07) is 14.7. The van der Waals surface area contributed by atoms with E-state index in [-0.39, 0.29) is 11.7 Å². The number of rotatable bonds is 7. The van der Waals surface area contributed by atoms with Crippen LogP contribution in [0.5, 0.6) is 5.75 Å². The van der Waals surface area contributed by atoms with Crippen LogP contribution in [-0.2, 0) is 11.2 Å². The summed E-state index contributed by atoms with van der Waals surface area (Å²) in [7, 11) is 0. The number of Topliss-reactive ketones (excluding diaryl/α,β-unsaturated/α-hetero) is 1. The van der Waals surface area contributed by atoms with Crippen molar-refractivity contribution in [1.29, 1.82) is 0 Å². The van der Waals surface area contributed by atoms with Gasteiger partial charge in [-0.3, -0.25) is 9.59 Å². The first-order valence-corrected chi connectivity index (χ1v) is 8.21. The van der Waals surface area contributed by atoms with Gasteiger partial charge in [0.1, 0.15) is 5.75 Å². The number of hydrogen-bond acceptors (Lipinski definition) is 3. The number of ketones is 1. The van der Waals surface area contributed by atoms with E-state index in [0.29, 0.717) is 23.4 Å². The molecule has 0 saturated heterocycles. The summed E-state index contributed by atoms with van der Waals surface area (Å²) in [5.74, 6) is 0.412. The molecule has 2 aromatic carbocycles. The second kappa shape index (κ2) is 8.29. The molecule has 0 radical (unpaired) electrons. The third-order valence-electron chi connectivity index (χ3n) is 3.81. The van der Waals surface area contributed by atoms with E-state index in [1.165, 1.54) is 12.5 Å². The van der Waals surface area contributed by atoms with Crippen LogP contribution in [0.3, 0.4) is 0 Å². The van der Waals surface area contributed by atoms with Crippen molar-refractivity contribution in [2.45, 2.75) is 39.7 Å². The molecule has 0 aromatic heterocycles. The molecule has 0 aliphatic heterocycles. The van der Waals surface area contributed by atoms with E-state index in [0.717, 1.165) is 6.42 Å². The second-order valence-corrected chi connectivity index (χ2v) is 5.64. The highest BCUT2D eigenvalue weighted by molar-refractivity contribution is 5.98. The third kappa shape index (κ3) is 4.69. The van der Waals surface area contributed by atoms with Crippen molar-refractivity contribution in [3.63, 3.8) is 0 Å². The molecule has 0 fully saturated rings. The topological polar surface area (TPSA) is 55.4 Å². The molecule has 126 valence electrons. The normalized spacial score (nSPS) is 11.6. The van der Waals surface area contributed by atoms with Crippen LogP contribution in [0.4, 0.5) is 5.69 Å². The molecule has 2 aromatic rings. The standard InChI is InChI=1S/C20H23NO3/c1-4-15-9-11-18(12-10-15)24-19(5-2)20(23)21-17-8-6-7-16(13-17)14(3)22/h6-13,19H,4-5H2,1-3H3,(H,21,23)/t19-/m0/s1. The zero-order valence-corrected chi connectivity index (χ0v) is 14.3. The predicted molar refractivity (Wildman–Crippen MR) is 95.6 cm³/mol. The predicted octanol–water partition coefficient (Wildman–Crippen LogP) is 4.25. The van der Waals surface area contributed by atoms with Crippen LogP contribution in [0, 0.1) is 0 Å². The molecule has 2 rings (SSSR count). The fraction of sp³-hybridized carbons (Fsp3) is 0.300. The number of nitrogens with one attached hydrogen (secondary N) is 1. The Morgan fingerprint density at radius 3 is 2.38 bits per heavy atom. The van der Waals surface area contributed by atoms with Gasteiger partial charge in [0.2, 0.25) is 0 Å². The Morgan fingerprint density at radius 2 is 1.79 bits per heavy atom. The van der Waals surface area contributed by atoms with Gasteiger partial charge in [-0.1, -0.05) is 38.1 Å². The quantitative estimate of drug-likeness (QED) is 0.774. The Kier molecular flexibility index (Phi) is 6.13. The lowest BCUT2D eigenvalue weighted by Crippen LogP contribution is -2.32. The summed E-state index contributed by atoms with van der Waals surface area (Å²) in [6.07, 6.45) is 0.927. The molecule has 1 atom stereocenters. The van der Waals surface area contributed by atoms with E-state index >= 15 is 0 Å². The Bertz CT molecular complexity index is 707. The number of hydrogen-bond donors (Lipinski definition) is 1. The summed E-state index contributed by atoms with van der Waals surface area (Å²) in [5.41, 5.74) is 2.38. The Hall–Kier alpha value is -2.62. The van der Waals surface area contributed by atoms with E-state index in [2.05, 4.69) is 12.2 Å². The highest BCUT2D eigenvalue weighted by Gasteiger charge is 2.18. The summed E-state index contributed by atoms with van der Waals surface area (Å²) in [4.78, 5) is 23.9. The van der Waals surface area contributed by atoms with Gasteiger partial charge >= 0.3 is 0 Å². The molecule has 1 N–H and O–H groups in total. The second-order valence-electron chi connectivity index (χ2n) is 5.64. The highest BCUT2D eigenvalue weighted by atomic mass is 16.5. The van der Waals surface area contributed by atoms with Gasteiger partial charge in [-0.05, 0) is 49.6 Å². The molecule has 0 aliphatic carbocycles. The van der Waals surface area contributed by atoms with E-state index < -0.39 is 6.10 Å². The fourth-order valence-electron chi connectivity index (χ4n) is 2.33. The minimum atomic E-state index is -0.585. The van der Waals surface area contributed by atoms with Crippen LogP contribution >= 0.6 is 0 Å². The number of amides is 1. The van der Waals surface area contributed by atoms with Gasteiger partial charge in [-0.15, -0.1) is 0 Å². The monoisotopic (exact) mass is 325 g/mol. The smallest absolute Gasteiger partial charge is 0.265 e. The van der Waals surface area contributed by atoms with E-state index in [1.807, 2.05) is 31.2 Å². The maximum Gasteiger partial charge on any atom is 0.265 e. The fourth-order valence-corrected chi connectivity index (χ4v) is 2.33. The van der Waals surface area contributed by atoms with Crippen molar-refractivity contribution in [3.8, 4) is 5.75 Å². The number of benzene rings is 2. The van der Waals surface area contributed by atoms with Crippen LogP contribution in [0.15, 0.2) is 48.5 Å². The molecular weight excluding hydrogens is 302 g/mol. The number of ether oxygens (including phenoxy) is 1. The highest BCUT2D eigenvalue weighted by Crippen LogP contribution is 2.17. The SMILES string of the molecule is CCc1ccc(O[C@@H](CC)C(=O)Nc2cccc(C(C)=O)c2)cc1. The van der Waals surface area contributed by atoms with Gasteiger partial charge in [0.25, 0.3) is 5.91 Å². The molecule has 0 spiro atoms. The first-order chi connectivity index (χ1) is 11.5. The summed E-state index contributed by atoms with van der Waals surface area (Å²) in [6.45, 7) is 5.49. The van der Waals surface area contributed by atoms with Crippen molar-refractivity contribution in [3.05, 3.63) is 59.7 Å². The van der Waals surface area contributed by atoms with Gasteiger partial charge in [0, 0.05) is 11.3 Å². The maximum atomic E-state index is 12.4. The van der Waals surface area contributed by atoms with Crippen LogP contribution in [0.1, 0.15) is 43.1 Å². The number of carbonyl (C=O) groups excluding carboxylic acids is 2. The van der Waals surface area contributed by atoms with E-state index in [9.17, 15) is 9.59 Å². The van der Waals surface area contributed by atoms with E-state index in [1.54, 1.807) is 24.3 Å². The molecule has 0 bridgehead atoms. The summed E-state index contributed by atoms with van der Waals surface area (Å²) >= 11 is 0. The van der Waals surface area contributed by atoms with Crippen LogP contribution < -0.4 is 10.1 Å². The molecule has 4 heteroatoms. The van der Waals surface area contributed by atoms with Gasteiger partial charge in [-0.25, -0.2) is 0 Å². The van der Waals surface area contributed by atoms with Gasteiger partial charge in [-0.2, -0.15) is 0 Å². The largest absolute Gasteiger partial charge is 0.481 e. The molecule has 0 heterocycles. The zero-order chi connectivity index (χ0) is 17.5. The maximum absolute atomic E-state index is 12.4. The first kappa shape index (κ1) is 17.7. The number of aryl methyl sites for hydroxylation is 1. The van der Waals surface area contributed by atoms with Crippen molar-refractivity contribution < 1.29 is 14.3 Å². The molecule has 4 nitrogen and oxygen atoms in total. The van der Waals surface area contributed by atoms with Crippen LogP contribution in [-0.4, -0.2) is 17.8 Å². The molecule has 24 heavy (non-hydrogen) atoms. The number of anilines is 1. The molecule has 0 aliphatic rings. The lowest BCUT2D eigenvalue weighted by atomic mass is 10.1. The van der Waals surface area contributed by atoms with Crippen molar-refractivity contribution in [2.24, 2.45) is 0 Å². The summed E-state index contributed by atoms with van der Waals surface area (Å²) in [5, 5.41) is 2.81. The zero-order valence-electron chi connectivity index (χ0n) is 14.3. The Balaban J connectivity index is 2.05. The third-order valence-corrected chi connectivity index (χ3v) is 3.81. The number of carbonyl (C=O) groups is 2. The molecular formula is C20H23NO3. The Labute approximate surface area is 142 Å². The molecule has 0 saturated carbocycles.